The summed E-state index contributed by atoms with van der Waals surface area (Å²) < 4.78 is 5.34. The molecule has 126 valence electrons. The van der Waals surface area contributed by atoms with Crippen LogP contribution in [-0.2, 0) is 16.9 Å². The van der Waals surface area contributed by atoms with Crippen LogP contribution in [0.25, 0.3) is 5.57 Å². The number of benzene rings is 2. The number of carbonyl (C=O) groups is 1. The first-order valence-electron chi connectivity index (χ1n) is 8.05. The second-order valence-corrected chi connectivity index (χ2v) is 6.67. The Morgan fingerprint density at radius 2 is 1.83 bits per heavy atom. The summed E-state index contributed by atoms with van der Waals surface area (Å²) in [4.78, 5) is 12.1. The number of amides is 1. The molecule has 0 bridgehead atoms. The van der Waals surface area contributed by atoms with Gasteiger partial charge in [-0.05, 0) is 50.5 Å². The highest BCUT2D eigenvalue weighted by molar-refractivity contribution is 5.69. The van der Waals surface area contributed by atoms with Gasteiger partial charge in [0.1, 0.15) is 6.61 Å². The first-order valence-corrected chi connectivity index (χ1v) is 8.05. The van der Waals surface area contributed by atoms with Crippen LogP contribution < -0.4 is 5.32 Å². The van der Waals surface area contributed by atoms with Gasteiger partial charge in [-0.25, -0.2) is 4.79 Å². The molecular weight excluding hydrogens is 298 g/mol. The van der Waals surface area contributed by atoms with Crippen molar-refractivity contribution in [2.75, 3.05) is 0 Å². The zero-order chi connectivity index (χ0) is 17.7. The van der Waals surface area contributed by atoms with E-state index in [4.69, 9.17) is 4.74 Å². The van der Waals surface area contributed by atoms with Crippen molar-refractivity contribution in [3.8, 4) is 0 Å². The molecule has 0 radical (unpaired) electrons. The summed E-state index contributed by atoms with van der Waals surface area (Å²) in [5.74, 6) is 0. The van der Waals surface area contributed by atoms with Crippen molar-refractivity contribution < 1.29 is 9.53 Å². The summed E-state index contributed by atoms with van der Waals surface area (Å²) in [6.07, 6.45) is -0.429. The normalized spacial score (nSPS) is 11.0. The average Bonchev–Trinajstić information content (AvgIpc) is 2.54. The number of hydrogen-bond donors (Lipinski definition) is 1. The Kier molecular flexibility index (Phi) is 5.45. The van der Waals surface area contributed by atoms with Crippen LogP contribution in [0, 0.1) is 6.92 Å². The van der Waals surface area contributed by atoms with Crippen molar-refractivity contribution in [2.24, 2.45) is 0 Å². The molecule has 0 aliphatic rings. The van der Waals surface area contributed by atoms with Gasteiger partial charge in [-0.1, -0.05) is 60.2 Å². The molecule has 0 aromatic heterocycles. The Labute approximate surface area is 144 Å². The van der Waals surface area contributed by atoms with E-state index in [9.17, 15) is 4.79 Å². The minimum atomic E-state index is -0.532. The largest absolute Gasteiger partial charge is 0.445 e. The van der Waals surface area contributed by atoms with Crippen molar-refractivity contribution in [1.29, 1.82) is 0 Å². The van der Waals surface area contributed by atoms with E-state index in [-0.39, 0.29) is 6.61 Å². The minimum Gasteiger partial charge on any atom is -0.445 e. The van der Waals surface area contributed by atoms with Crippen LogP contribution in [0.3, 0.4) is 0 Å². The van der Waals surface area contributed by atoms with Crippen molar-refractivity contribution in [1.82, 2.24) is 5.32 Å². The molecule has 2 aromatic rings. The minimum absolute atomic E-state index is 0.258. The van der Waals surface area contributed by atoms with Gasteiger partial charge in [-0.2, -0.15) is 0 Å². The molecule has 0 aliphatic heterocycles. The first-order chi connectivity index (χ1) is 11.3. The van der Waals surface area contributed by atoms with Crippen molar-refractivity contribution in [3.05, 3.63) is 77.4 Å². The van der Waals surface area contributed by atoms with Crippen LogP contribution in [0.15, 0.2) is 55.1 Å². The number of rotatable bonds is 5. The maximum Gasteiger partial charge on any atom is 0.408 e. The van der Waals surface area contributed by atoms with E-state index >= 15 is 0 Å². The molecule has 0 aliphatic carbocycles. The standard InChI is InChI=1S/C21H25NO2/c1-15(2)18-7-6-8-19(13-18)21(4,5)22-20(23)24-14-17-11-9-16(3)10-12-17/h6-13H,1,14H2,2-5H3,(H,22,23). The monoisotopic (exact) mass is 323 g/mol. The van der Waals surface area contributed by atoms with Crippen LogP contribution in [-0.4, -0.2) is 6.09 Å². The molecule has 0 spiro atoms. The predicted molar refractivity (Wildman–Crippen MR) is 98.7 cm³/mol. The maximum absolute atomic E-state index is 12.1. The van der Waals surface area contributed by atoms with E-state index in [1.54, 1.807) is 0 Å². The first kappa shape index (κ1) is 17.8. The molecule has 0 atom stereocenters. The lowest BCUT2D eigenvalue weighted by atomic mass is 9.92. The molecule has 0 saturated heterocycles. The molecule has 3 heteroatoms. The number of aryl methyl sites for hydroxylation is 1. The molecular formula is C21H25NO2. The smallest absolute Gasteiger partial charge is 0.408 e. The molecule has 1 amide bonds. The highest BCUT2D eigenvalue weighted by Gasteiger charge is 2.24. The Hall–Kier alpha value is -2.55. The van der Waals surface area contributed by atoms with Gasteiger partial charge >= 0.3 is 6.09 Å². The summed E-state index contributed by atoms with van der Waals surface area (Å²) in [5, 5.41) is 2.93. The van der Waals surface area contributed by atoms with Crippen LogP contribution >= 0.6 is 0 Å². The van der Waals surface area contributed by atoms with Crippen molar-refractivity contribution >= 4 is 11.7 Å². The van der Waals surface area contributed by atoms with Gasteiger partial charge in [0.2, 0.25) is 0 Å². The van der Waals surface area contributed by atoms with Crippen LogP contribution in [0.5, 0.6) is 0 Å². The number of nitrogens with one attached hydrogen (secondary N) is 1. The number of carbonyl (C=O) groups excluding carboxylic acids is 1. The van der Waals surface area contributed by atoms with Gasteiger partial charge in [0.05, 0.1) is 5.54 Å². The van der Waals surface area contributed by atoms with Crippen molar-refractivity contribution in [3.63, 3.8) is 0 Å². The van der Waals surface area contributed by atoms with Gasteiger partial charge in [-0.3, -0.25) is 0 Å². The third kappa shape index (κ3) is 4.72. The van der Waals surface area contributed by atoms with E-state index in [1.165, 1.54) is 5.56 Å². The summed E-state index contributed by atoms with van der Waals surface area (Å²) >= 11 is 0. The molecule has 0 heterocycles. The Morgan fingerprint density at radius 1 is 1.17 bits per heavy atom. The lowest BCUT2D eigenvalue weighted by molar-refractivity contribution is 0.129. The van der Waals surface area contributed by atoms with Crippen LogP contribution in [0.2, 0.25) is 0 Å². The fourth-order valence-electron chi connectivity index (χ4n) is 2.37. The SMILES string of the molecule is C=C(C)c1cccc(C(C)(C)NC(=O)OCc2ccc(C)cc2)c1. The maximum atomic E-state index is 12.1. The molecule has 0 fully saturated rings. The van der Waals surface area contributed by atoms with E-state index < -0.39 is 11.6 Å². The molecule has 1 N–H and O–H groups in total. The van der Waals surface area contributed by atoms with E-state index in [0.717, 1.165) is 22.3 Å². The average molecular weight is 323 g/mol. The molecule has 0 unspecified atom stereocenters. The highest BCUT2D eigenvalue weighted by Crippen LogP contribution is 2.23. The summed E-state index contributed by atoms with van der Waals surface area (Å²) in [6.45, 7) is 12.1. The van der Waals surface area contributed by atoms with Gasteiger partial charge < -0.3 is 10.1 Å². The van der Waals surface area contributed by atoms with Crippen LogP contribution in [0.4, 0.5) is 4.79 Å². The summed E-state index contributed by atoms with van der Waals surface area (Å²) in [5.41, 5.74) is 4.69. The van der Waals surface area contributed by atoms with E-state index in [1.807, 2.05) is 76.2 Å². The fraction of sp³-hybridized carbons (Fsp3) is 0.286. The van der Waals surface area contributed by atoms with E-state index in [0.29, 0.717) is 0 Å². The molecule has 3 nitrogen and oxygen atoms in total. The Morgan fingerprint density at radius 3 is 2.46 bits per heavy atom. The summed E-state index contributed by atoms with van der Waals surface area (Å²) in [7, 11) is 0. The Balaban J connectivity index is 2.00. The van der Waals surface area contributed by atoms with Gasteiger partial charge in [-0.15, -0.1) is 0 Å². The molecule has 2 aromatic carbocycles. The van der Waals surface area contributed by atoms with Crippen molar-refractivity contribution in [2.45, 2.75) is 39.8 Å². The second kappa shape index (κ2) is 7.35. The lowest BCUT2D eigenvalue weighted by Crippen LogP contribution is -2.41. The quantitative estimate of drug-likeness (QED) is 0.822. The Bertz CT molecular complexity index is 730. The predicted octanol–water partition coefficient (Wildman–Crippen LogP) is 5.19. The number of hydrogen-bond acceptors (Lipinski definition) is 2. The highest BCUT2D eigenvalue weighted by atomic mass is 16.5. The van der Waals surface area contributed by atoms with E-state index in [2.05, 4.69) is 11.9 Å². The zero-order valence-electron chi connectivity index (χ0n) is 14.8. The third-order valence-corrected chi connectivity index (χ3v) is 3.98. The molecule has 2 rings (SSSR count). The van der Waals surface area contributed by atoms with Crippen LogP contribution in [0.1, 0.15) is 43.0 Å². The molecule has 24 heavy (non-hydrogen) atoms. The topological polar surface area (TPSA) is 38.3 Å². The summed E-state index contributed by atoms with van der Waals surface area (Å²) in [6, 6.07) is 16.0. The number of alkyl carbamates (subject to hydrolysis) is 1. The number of allylic oxidation sites excluding steroid dienone is 1. The molecule has 0 saturated carbocycles. The third-order valence-electron chi connectivity index (χ3n) is 3.98. The second-order valence-electron chi connectivity index (χ2n) is 6.67. The van der Waals surface area contributed by atoms with Gasteiger partial charge in [0.25, 0.3) is 0 Å². The van der Waals surface area contributed by atoms with Gasteiger partial charge in [0.15, 0.2) is 0 Å². The fourth-order valence-corrected chi connectivity index (χ4v) is 2.37. The van der Waals surface area contributed by atoms with Gasteiger partial charge in [0, 0.05) is 0 Å². The zero-order valence-corrected chi connectivity index (χ0v) is 14.8. The number of ether oxygens (including phenoxy) is 1. The lowest BCUT2D eigenvalue weighted by Gasteiger charge is -2.27.